The minimum Gasteiger partial charge on any atom is -0.478 e. The second kappa shape index (κ2) is 4.35. The van der Waals surface area contributed by atoms with Crippen molar-refractivity contribution in [3.05, 3.63) is 39.9 Å². The zero-order valence-corrected chi connectivity index (χ0v) is 10.2. The molecular weight excluding hydrogens is 265 g/mol. The van der Waals surface area contributed by atoms with E-state index >= 15 is 0 Å². The lowest BCUT2D eigenvalue weighted by Crippen LogP contribution is -2.08. The average Bonchev–Trinajstić information content (AvgIpc) is 2.78. The monoisotopic (exact) mass is 271 g/mol. The zero-order chi connectivity index (χ0) is 12.6. The third-order valence-electron chi connectivity index (χ3n) is 2.30. The van der Waals surface area contributed by atoms with Gasteiger partial charge < -0.3 is 5.11 Å². The van der Waals surface area contributed by atoms with Crippen molar-refractivity contribution < 1.29 is 9.90 Å². The normalized spacial score (nSPS) is 10.5. The van der Waals surface area contributed by atoms with E-state index in [-0.39, 0.29) is 10.6 Å². The van der Waals surface area contributed by atoms with Crippen LogP contribution in [0.25, 0.3) is 5.69 Å². The molecule has 0 saturated heterocycles. The first kappa shape index (κ1) is 11.9. The molecule has 0 amide bonds. The van der Waals surface area contributed by atoms with Gasteiger partial charge in [-0.25, -0.2) is 14.5 Å². The lowest BCUT2D eigenvalue weighted by Gasteiger charge is -2.12. The van der Waals surface area contributed by atoms with Crippen LogP contribution in [0, 0.1) is 6.92 Å². The van der Waals surface area contributed by atoms with Crippen molar-refractivity contribution in [2.45, 2.75) is 6.92 Å². The molecule has 0 spiro atoms. The molecule has 0 radical (unpaired) electrons. The maximum atomic E-state index is 11.2. The van der Waals surface area contributed by atoms with E-state index in [1.807, 2.05) is 0 Å². The second-order valence-electron chi connectivity index (χ2n) is 3.34. The average molecular weight is 272 g/mol. The Balaban J connectivity index is 2.80. The topological polar surface area (TPSA) is 68.0 Å². The quantitative estimate of drug-likeness (QED) is 0.912. The lowest BCUT2D eigenvalue weighted by atomic mass is 10.1. The molecule has 1 heterocycles. The molecule has 17 heavy (non-hydrogen) atoms. The molecule has 0 saturated carbocycles. The fourth-order valence-electron chi connectivity index (χ4n) is 1.53. The number of carboxylic acids is 1. The molecule has 0 aliphatic rings. The van der Waals surface area contributed by atoms with Crippen LogP contribution in [0.5, 0.6) is 0 Å². The summed E-state index contributed by atoms with van der Waals surface area (Å²) in [6, 6.07) is 1.30. The number of aromatic nitrogens is 3. The fourth-order valence-corrected chi connectivity index (χ4v) is 1.92. The first-order valence-electron chi connectivity index (χ1n) is 4.59. The smallest absolute Gasteiger partial charge is 0.337 e. The van der Waals surface area contributed by atoms with Crippen LogP contribution in [0.3, 0.4) is 0 Å². The highest BCUT2D eigenvalue weighted by Gasteiger charge is 2.19. The van der Waals surface area contributed by atoms with Gasteiger partial charge in [-0.1, -0.05) is 23.2 Å². The first-order valence-corrected chi connectivity index (χ1v) is 5.35. The molecule has 1 N–H and O–H groups in total. The van der Waals surface area contributed by atoms with Gasteiger partial charge in [0.05, 0.1) is 21.3 Å². The van der Waals surface area contributed by atoms with E-state index < -0.39 is 5.97 Å². The Kier molecular flexibility index (Phi) is 3.04. The number of benzene rings is 1. The Hall–Kier alpha value is -1.59. The Morgan fingerprint density at radius 1 is 1.47 bits per heavy atom. The van der Waals surface area contributed by atoms with E-state index in [4.69, 9.17) is 28.3 Å². The summed E-state index contributed by atoms with van der Waals surface area (Å²) >= 11 is 11.8. The number of aromatic carboxylic acids is 1. The fraction of sp³-hybridized carbons (Fsp3) is 0.100. The number of hydrogen-bond donors (Lipinski definition) is 1. The number of halogens is 2. The standard InChI is InChI=1S/C10H7Cl2N3O2/c1-5-8(12)7(11)2-6(10(16)17)9(5)15-4-13-3-14-15/h2-4H,1H3,(H,16,17). The SMILES string of the molecule is Cc1c(Cl)c(Cl)cc(C(=O)O)c1-n1cncn1. The highest BCUT2D eigenvalue weighted by atomic mass is 35.5. The molecule has 2 rings (SSSR count). The van der Waals surface area contributed by atoms with Gasteiger partial charge in [0.2, 0.25) is 0 Å². The largest absolute Gasteiger partial charge is 0.478 e. The Morgan fingerprint density at radius 2 is 2.18 bits per heavy atom. The van der Waals surface area contributed by atoms with Crippen LogP contribution in [-0.4, -0.2) is 25.8 Å². The zero-order valence-electron chi connectivity index (χ0n) is 8.69. The minimum absolute atomic E-state index is 0.0300. The Bertz CT molecular complexity index is 582. The van der Waals surface area contributed by atoms with Crippen molar-refractivity contribution >= 4 is 29.2 Å². The van der Waals surface area contributed by atoms with Crippen molar-refractivity contribution in [3.8, 4) is 5.69 Å². The van der Waals surface area contributed by atoms with Gasteiger partial charge in [-0.15, -0.1) is 0 Å². The second-order valence-corrected chi connectivity index (χ2v) is 4.12. The molecule has 0 atom stereocenters. The van der Waals surface area contributed by atoms with E-state index in [0.29, 0.717) is 16.3 Å². The molecule has 0 fully saturated rings. The predicted octanol–water partition coefficient (Wildman–Crippen LogP) is 2.58. The molecule has 2 aromatic rings. The molecule has 88 valence electrons. The maximum Gasteiger partial charge on any atom is 0.337 e. The first-order chi connectivity index (χ1) is 8.02. The molecule has 7 heteroatoms. The highest BCUT2D eigenvalue weighted by Crippen LogP contribution is 2.32. The lowest BCUT2D eigenvalue weighted by molar-refractivity contribution is 0.0696. The number of rotatable bonds is 2. The van der Waals surface area contributed by atoms with Gasteiger partial charge in [-0.05, 0) is 18.6 Å². The molecule has 1 aromatic carbocycles. The van der Waals surface area contributed by atoms with E-state index in [1.165, 1.54) is 23.4 Å². The van der Waals surface area contributed by atoms with E-state index in [2.05, 4.69) is 10.1 Å². The summed E-state index contributed by atoms with van der Waals surface area (Å²) in [5, 5.41) is 13.5. The van der Waals surface area contributed by atoms with Gasteiger partial charge in [-0.2, -0.15) is 5.10 Å². The molecule has 5 nitrogen and oxygen atoms in total. The Labute approximate surface area is 107 Å². The minimum atomic E-state index is -1.10. The molecule has 0 bridgehead atoms. The molecule has 1 aromatic heterocycles. The van der Waals surface area contributed by atoms with Crippen molar-refractivity contribution in [1.82, 2.24) is 14.8 Å². The number of nitrogens with zero attached hydrogens (tertiary/aromatic N) is 3. The van der Waals surface area contributed by atoms with Crippen LogP contribution in [0.1, 0.15) is 15.9 Å². The predicted molar refractivity (Wildman–Crippen MR) is 63.1 cm³/mol. The summed E-state index contributed by atoms with van der Waals surface area (Å²) in [7, 11) is 0. The molecule has 0 unspecified atom stereocenters. The van der Waals surface area contributed by atoms with Crippen molar-refractivity contribution in [3.63, 3.8) is 0 Å². The van der Waals surface area contributed by atoms with Gasteiger partial charge in [0, 0.05) is 0 Å². The number of hydrogen-bond acceptors (Lipinski definition) is 3. The van der Waals surface area contributed by atoms with Crippen molar-refractivity contribution in [1.29, 1.82) is 0 Å². The van der Waals surface area contributed by atoms with E-state index in [1.54, 1.807) is 6.92 Å². The molecule has 0 aliphatic heterocycles. The van der Waals surface area contributed by atoms with E-state index in [9.17, 15) is 4.79 Å². The van der Waals surface area contributed by atoms with Crippen LogP contribution in [-0.2, 0) is 0 Å². The van der Waals surface area contributed by atoms with Gasteiger partial charge in [0.15, 0.2) is 0 Å². The third kappa shape index (κ3) is 1.99. The van der Waals surface area contributed by atoms with Crippen LogP contribution in [0.2, 0.25) is 10.0 Å². The van der Waals surface area contributed by atoms with Crippen molar-refractivity contribution in [2.24, 2.45) is 0 Å². The summed E-state index contributed by atoms with van der Waals surface area (Å²) in [5.41, 5.74) is 0.939. The maximum absolute atomic E-state index is 11.2. The van der Waals surface area contributed by atoms with Crippen LogP contribution < -0.4 is 0 Å². The molecule has 0 aliphatic carbocycles. The van der Waals surface area contributed by atoms with Crippen LogP contribution in [0.4, 0.5) is 0 Å². The Morgan fingerprint density at radius 3 is 2.71 bits per heavy atom. The summed E-state index contributed by atoms with van der Waals surface area (Å²) in [6.07, 6.45) is 2.71. The van der Waals surface area contributed by atoms with Gasteiger partial charge in [0.1, 0.15) is 12.7 Å². The summed E-state index contributed by atoms with van der Waals surface area (Å²) in [6.45, 7) is 1.68. The molecular formula is C10H7Cl2N3O2. The van der Waals surface area contributed by atoms with Crippen LogP contribution in [0.15, 0.2) is 18.7 Å². The summed E-state index contributed by atoms with van der Waals surface area (Å²) in [4.78, 5) is 14.9. The number of carboxylic acid groups (broad SMARTS) is 1. The van der Waals surface area contributed by atoms with Crippen molar-refractivity contribution in [2.75, 3.05) is 0 Å². The number of carbonyl (C=O) groups is 1. The highest BCUT2D eigenvalue weighted by molar-refractivity contribution is 6.43. The van der Waals surface area contributed by atoms with Crippen LogP contribution >= 0.6 is 23.2 Å². The van der Waals surface area contributed by atoms with Gasteiger partial charge in [0.25, 0.3) is 0 Å². The van der Waals surface area contributed by atoms with E-state index in [0.717, 1.165) is 0 Å². The summed E-state index contributed by atoms with van der Waals surface area (Å²) < 4.78 is 1.35. The van der Waals surface area contributed by atoms with Gasteiger partial charge in [-0.3, -0.25) is 0 Å². The van der Waals surface area contributed by atoms with Gasteiger partial charge >= 0.3 is 5.97 Å². The summed E-state index contributed by atoms with van der Waals surface area (Å²) in [5.74, 6) is -1.10. The third-order valence-corrected chi connectivity index (χ3v) is 3.18.